The summed E-state index contributed by atoms with van der Waals surface area (Å²) < 4.78 is 15.9. The number of hydrogen-bond acceptors (Lipinski definition) is 4. The van der Waals surface area contributed by atoms with E-state index in [-0.39, 0.29) is 12.3 Å². The molecule has 0 fully saturated rings. The van der Waals surface area contributed by atoms with Crippen LogP contribution < -0.4 is 14.2 Å². The molecule has 5 nitrogen and oxygen atoms in total. The van der Waals surface area contributed by atoms with E-state index in [0.29, 0.717) is 30.3 Å². The van der Waals surface area contributed by atoms with Gasteiger partial charge in [0.15, 0.2) is 11.5 Å². The lowest BCUT2D eigenvalue weighted by atomic mass is 10.1. The molecule has 1 amide bonds. The first kappa shape index (κ1) is 17.6. The highest BCUT2D eigenvalue weighted by molar-refractivity contribution is 5.79. The van der Waals surface area contributed by atoms with Crippen LogP contribution in [0.3, 0.4) is 0 Å². The molecule has 0 atom stereocenters. The molecule has 1 aromatic carbocycles. The second-order valence-electron chi connectivity index (χ2n) is 4.59. The Bertz CT molecular complexity index is 504. The molecule has 0 aliphatic heterocycles. The minimum Gasteiger partial charge on any atom is -0.493 e. The SMILES string of the molecule is C=CCN(CC=C)C(=O)Cc1cc(OC)c(OC)c(OC)c1. The summed E-state index contributed by atoms with van der Waals surface area (Å²) in [6.07, 6.45) is 3.62. The molecule has 0 bridgehead atoms. The van der Waals surface area contributed by atoms with Crippen molar-refractivity contribution in [1.29, 1.82) is 0 Å². The normalized spacial score (nSPS) is 9.77. The van der Waals surface area contributed by atoms with Crippen LogP contribution in [0.2, 0.25) is 0 Å². The van der Waals surface area contributed by atoms with Gasteiger partial charge in [-0.1, -0.05) is 12.2 Å². The van der Waals surface area contributed by atoms with Crippen molar-refractivity contribution in [2.45, 2.75) is 6.42 Å². The van der Waals surface area contributed by atoms with Crippen LogP contribution in [0.1, 0.15) is 5.56 Å². The highest BCUT2D eigenvalue weighted by atomic mass is 16.5. The first-order valence-corrected chi connectivity index (χ1v) is 6.89. The Morgan fingerprint density at radius 1 is 1.05 bits per heavy atom. The predicted molar refractivity (Wildman–Crippen MR) is 86.8 cm³/mol. The summed E-state index contributed by atoms with van der Waals surface area (Å²) in [4.78, 5) is 14.0. The minimum atomic E-state index is -0.0194. The number of nitrogens with zero attached hydrogens (tertiary/aromatic N) is 1. The van der Waals surface area contributed by atoms with Crippen LogP contribution in [-0.2, 0) is 11.2 Å². The van der Waals surface area contributed by atoms with Crippen LogP contribution in [0.15, 0.2) is 37.4 Å². The fraction of sp³-hybridized carbons (Fsp3) is 0.353. The molecule has 120 valence electrons. The van der Waals surface area contributed by atoms with Crippen molar-refractivity contribution in [3.8, 4) is 17.2 Å². The molecule has 0 N–H and O–H groups in total. The Morgan fingerprint density at radius 2 is 1.55 bits per heavy atom. The Hall–Kier alpha value is -2.43. The molecule has 0 aliphatic carbocycles. The second-order valence-corrected chi connectivity index (χ2v) is 4.59. The zero-order valence-corrected chi connectivity index (χ0v) is 13.4. The standard InChI is InChI=1S/C17H23NO4/c1-6-8-18(9-7-2)16(19)12-13-10-14(20-3)17(22-5)15(11-13)21-4/h6-7,10-11H,1-2,8-9,12H2,3-5H3. The maximum Gasteiger partial charge on any atom is 0.227 e. The molecule has 0 unspecified atom stereocenters. The average molecular weight is 305 g/mol. The quantitative estimate of drug-likeness (QED) is 0.658. The number of carbonyl (C=O) groups is 1. The van der Waals surface area contributed by atoms with Gasteiger partial charge in [0.05, 0.1) is 27.8 Å². The zero-order valence-electron chi connectivity index (χ0n) is 13.4. The van der Waals surface area contributed by atoms with Gasteiger partial charge in [-0.2, -0.15) is 0 Å². The van der Waals surface area contributed by atoms with Gasteiger partial charge in [0.1, 0.15) is 0 Å². The molecule has 0 saturated heterocycles. The number of ether oxygens (including phenoxy) is 3. The fourth-order valence-corrected chi connectivity index (χ4v) is 2.11. The van der Waals surface area contributed by atoms with Crippen LogP contribution in [0.4, 0.5) is 0 Å². The number of rotatable bonds is 9. The van der Waals surface area contributed by atoms with Gasteiger partial charge < -0.3 is 19.1 Å². The number of carbonyl (C=O) groups excluding carboxylic acids is 1. The van der Waals surface area contributed by atoms with Crippen LogP contribution in [0.25, 0.3) is 0 Å². The van der Waals surface area contributed by atoms with Gasteiger partial charge in [-0.25, -0.2) is 0 Å². The summed E-state index contributed by atoms with van der Waals surface area (Å²) in [6.45, 7) is 8.29. The highest BCUT2D eigenvalue weighted by Crippen LogP contribution is 2.38. The molecule has 0 aliphatic rings. The summed E-state index contributed by atoms with van der Waals surface area (Å²) in [5.74, 6) is 1.55. The lowest BCUT2D eigenvalue weighted by Gasteiger charge is -2.20. The molecule has 5 heteroatoms. The molecule has 0 radical (unpaired) electrons. The Balaban J connectivity index is 3.03. The lowest BCUT2D eigenvalue weighted by molar-refractivity contribution is -0.129. The molecule has 1 rings (SSSR count). The summed E-state index contributed by atoms with van der Waals surface area (Å²) in [5.41, 5.74) is 0.789. The first-order chi connectivity index (χ1) is 10.6. The molecule has 0 saturated carbocycles. The lowest BCUT2D eigenvalue weighted by Crippen LogP contribution is -2.32. The maximum atomic E-state index is 12.4. The number of amides is 1. The smallest absolute Gasteiger partial charge is 0.227 e. The van der Waals surface area contributed by atoms with Gasteiger partial charge in [0.25, 0.3) is 0 Å². The Kier molecular flexibility index (Phi) is 7.02. The van der Waals surface area contributed by atoms with Crippen LogP contribution in [0.5, 0.6) is 17.2 Å². The number of methoxy groups -OCH3 is 3. The number of hydrogen-bond donors (Lipinski definition) is 0. The second kappa shape index (κ2) is 8.77. The minimum absolute atomic E-state index is 0.0194. The summed E-state index contributed by atoms with van der Waals surface area (Å²) >= 11 is 0. The van der Waals surface area contributed by atoms with Crippen molar-refractivity contribution < 1.29 is 19.0 Å². The van der Waals surface area contributed by atoms with Crippen LogP contribution in [-0.4, -0.2) is 45.2 Å². The molecule has 0 aromatic heterocycles. The van der Waals surface area contributed by atoms with Gasteiger partial charge in [-0.3, -0.25) is 4.79 Å². The van der Waals surface area contributed by atoms with E-state index in [2.05, 4.69) is 13.2 Å². The third-order valence-corrected chi connectivity index (χ3v) is 3.13. The van der Waals surface area contributed by atoms with Crippen molar-refractivity contribution in [1.82, 2.24) is 4.90 Å². The van der Waals surface area contributed by atoms with Gasteiger partial charge in [0.2, 0.25) is 11.7 Å². The van der Waals surface area contributed by atoms with Crippen molar-refractivity contribution in [3.63, 3.8) is 0 Å². The van der Waals surface area contributed by atoms with Crippen LogP contribution in [0, 0.1) is 0 Å². The van der Waals surface area contributed by atoms with Gasteiger partial charge in [-0.05, 0) is 17.7 Å². The molecular weight excluding hydrogens is 282 g/mol. The molecule has 22 heavy (non-hydrogen) atoms. The fourth-order valence-electron chi connectivity index (χ4n) is 2.11. The average Bonchev–Trinajstić information content (AvgIpc) is 2.53. The monoisotopic (exact) mass is 305 g/mol. The van der Waals surface area contributed by atoms with Crippen molar-refractivity contribution in [2.75, 3.05) is 34.4 Å². The van der Waals surface area contributed by atoms with E-state index in [0.717, 1.165) is 5.56 Å². The largest absolute Gasteiger partial charge is 0.493 e. The van der Waals surface area contributed by atoms with Crippen molar-refractivity contribution in [2.24, 2.45) is 0 Å². The van der Waals surface area contributed by atoms with E-state index in [1.807, 2.05) is 0 Å². The maximum absolute atomic E-state index is 12.4. The van der Waals surface area contributed by atoms with E-state index in [9.17, 15) is 4.79 Å². The third-order valence-electron chi connectivity index (χ3n) is 3.13. The summed E-state index contributed by atoms with van der Waals surface area (Å²) in [7, 11) is 4.64. The van der Waals surface area contributed by atoms with E-state index < -0.39 is 0 Å². The highest BCUT2D eigenvalue weighted by Gasteiger charge is 2.17. The molecular formula is C17H23NO4. The van der Waals surface area contributed by atoms with Crippen molar-refractivity contribution in [3.05, 3.63) is 43.0 Å². The van der Waals surface area contributed by atoms with Gasteiger partial charge >= 0.3 is 0 Å². The van der Waals surface area contributed by atoms with Crippen molar-refractivity contribution >= 4 is 5.91 Å². The van der Waals surface area contributed by atoms with E-state index in [1.54, 1.807) is 50.5 Å². The first-order valence-electron chi connectivity index (χ1n) is 6.89. The van der Waals surface area contributed by atoms with E-state index in [1.165, 1.54) is 0 Å². The topological polar surface area (TPSA) is 48.0 Å². The van der Waals surface area contributed by atoms with Gasteiger partial charge in [-0.15, -0.1) is 13.2 Å². The number of benzene rings is 1. The molecule has 0 heterocycles. The third kappa shape index (κ3) is 4.28. The summed E-state index contributed by atoms with van der Waals surface area (Å²) in [5, 5.41) is 0. The van der Waals surface area contributed by atoms with Crippen LogP contribution >= 0.6 is 0 Å². The summed E-state index contributed by atoms with van der Waals surface area (Å²) in [6, 6.07) is 3.55. The predicted octanol–water partition coefficient (Wildman–Crippen LogP) is 2.46. The van der Waals surface area contributed by atoms with Gasteiger partial charge in [0, 0.05) is 13.1 Å². The van der Waals surface area contributed by atoms with E-state index in [4.69, 9.17) is 14.2 Å². The Morgan fingerprint density at radius 3 is 1.91 bits per heavy atom. The van der Waals surface area contributed by atoms with E-state index >= 15 is 0 Å². The Labute approximate surface area is 131 Å². The zero-order chi connectivity index (χ0) is 16.5. The molecule has 1 aromatic rings. The molecule has 0 spiro atoms.